The number of aryl methyl sites for hydroxylation is 2. The summed E-state index contributed by atoms with van der Waals surface area (Å²) in [6.45, 7) is 20.5. The molecule has 0 N–H and O–H groups in total. The molecular formula is C39H50ClN2+. The first-order valence-electron chi connectivity index (χ1n) is 16.1. The molecule has 0 unspecified atom stereocenters. The number of hydrogen-bond donors (Lipinski definition) is 0. The van der Waals surface area contributed by atoms with Gasteiger partial charge in [-0.3, -0.25) is 0 Å². The lowest BCUT2D eigenvalue weighted by Crippen LogP contribution is -2.28. The van der Waals surface area contributed by atoms with Gasteiger partial charge in [-0.15, -0.1) is 0 Å². The Morgan fingerprint density at radius 1 is 0.833 bits per heavy atom. The molecule has 222 valence electrons. The highest BCUT2D eigenvalue weighted by molar-refractivity contribution is 6.33. The van der Waals surface area contributed by atoms with Crippen LogP contribution in [0, 0.1) is 13.8 Å². The molecule has 0 saturated heterocycles. The minimum absolute atomic E-state index is 0.0380. The van der Waals surface area contributed by atoms with E-state index in [1.54, 1.807) is 0 Å². The van der Waals surface area contributed by atoms with E-state index >= 15 is 0 Å². The molecular weight excluding hydrogens is 532 g/mol. The molecule has 0 amide bonds. The summed E-state index contributed by atoms with van der Waals surface area (Å²) in [5, 5.41) is 0.928. The second-order valence-corrected chi connectivity index (χ2v) is 14.0. The van der Waals surface area contributed by atoms with Crippen LogP contribution in [-0.2, 0) is 10.8 Å². The Morgan fingerprint density at radius 2 is 1.52 bits per heavy atom. The van der Waals surface area contributed by atoms with Crippen molar-refractivity contribution in [1.82, 2.24) is 0 Å². The highest BCUT2D eigenvalue weighted by Gasteiger charge is 2.44. The summed E-state index contributed by atoms with van der Waals surface area (Å²) in [7, 11) is 0. The standard InChI is InChI=1S/C39H50ClN2/c1-9-11-23-41-33-19-13-27(3)25-31(33)38(5,6)35(41)21-17-29-15-16-30(37(29)40)18-22-36-39(7,8)32-26-28(4)14-20-34(32)42(36)24-12-10-2/h13-14,17-22,25-26H,9-12,15-16,23-24H2,1-8H3/q+1. The maximum atomic E-state index is 7.11. The Labute approximate surface area is 260 Å². The zero-order valence-corrected chi connectivity index (χ0v) is 28.0. The summed E-state index contributed by atoms with van der Waals surface area (Å²) >= 11 is 7.11. The molecule has 0 saturated carbocycles. The van der Waals surface area contributed by atoms with E-state index in [-0.39, 0.29) is 10.8 Å². The van der Waals surface area contributed by atoms with Crippen LogP contribution in [-0.4, -0.2) is 23.4 Å². The fourth-order valence-corrected chi connectivity index (χ4v) is 7.37. The molecule has 1 aliphatic carbocycles. The van der Waals surface area contributed by atoms with E-state index in [9.17, 15) is 0 Å². The van der Waals surface area contributed by atoms with Crippen molar-refractivity contribution in [3.05, 3.63) is 105 Å². The van der Waals surface area contributed by atoms with Gasteiger partial charge in [-0.2, -0.15) is 4.58 Å². The molecule has 0 spiro atoms. The molecule has 0 radical (unpaired) electrons. The van der Waals surface area contributed by atoms with Gasteiger partial charge in [0.2, 0.25) is 5.69 Å². The van der Waals surface area contributed by atoms with Crippen LogP contribution >= 0.6 is 11.6 Å². The summed E-state index contributed by atoms with van der Waals surface area (Å²) in [5.74, 6) is 0. The Morgan fingerprint density at radius 3 is 2.24 bits per heavy atom. The lowest BCUT2D eigenvalue weighted by Gasteiger charge is -2.27. The van der Waals surface area contributed by atoms with Crippen molar-refractivity contribution in [2.45, 2.75) is 105 Å². The van der Waals surface area contributed by atoms with E-state index in [1.165, 1.54) is 81.9 Å². The maximum Gasteiger partial charge on any atom is 0.209 e. The third-order valence-electron chi connectivity index (χ3n) is 9.68. The molecule has 3 heteroatoms. The Kier molecular flexibility index (Phi) is 8.77. The zero-order chi connectivity index (χ0) is 30.2. The van der Waals surface area contributed by atoms with E-state index in [2.05, 4.69) is 126 Å². The number of nitrogens with zero attached hydrogens (tertiary/aromatic N) is 2. The molecule has 2 aromatic rings. The molecule has 2 aliphatic heterocycles. The van der Waals surface area contributed by atoms with Crippen molar-refractivity contribution in [1.29, 1.82) is 0 Å². The molecule has 2 nitrogen and oxygen atoms in total. The third kappa shape index (κ3) is 5.48. The van der Waals surface area contributed by atoms with Crippen molar-refractivity contribution < 1.29 is 4.58 Å². The Balaban J connectivity index is 1.47. The number of unbranched alkanes of at least 4 members (excludes halogenated alkanes) is 2. The third-order valence-corrected chi connectivity index (χ3v) is 10.2. The topological polar surface area (TPSA) is 6.25 Å². The van der Waals surface area contributed by atoms with Gasteiger partial charge in [0.05, 0.1) is 5.41 Å². The van der Waals surface area contributed by atoms with E-state index in [0.717, 1.165) is 31.0 Å². The molecule has 0 bridgehead atoms. The lowest BCUT2D eigenvalue weighted by molar-refractivity contribution is -0.438. The van der Waals surface area contributed by atoms with E-state index in [4.69, 9.17) is 11.6 Å². The molecule has 3 aliphatic rings. The van der Waals surface area contributed by atoms with Gasteiger partial charge in [-0.25, -0.2) is 0 Å². The van der Waals surface area contributed by atoms with Gasteiger partial charge in [0.15, 0.2) is 5.71 Å². The summed E-state index contributed by atoms with van der Waals surface area (Å²) in [4.78, 5) is 2.55. The predicted octanol–water partition coefficient (Wildman–Crippen LogP) is 10.7. The average molecular weight is 582 g/mol. The van der Waals surface area contributed by atoms with Gasteiger partial charge in [0.1, 0.15) is 6.54 Å². The Bertz CT molecular complexity index is 1530. The monoisotopic (exact) mass is 581 g/mol. The summed E-state index contributed by atoms with van der Waals surface area (Å²) in [6, 6.07) is 13.9. The van der Waals surface area contributed by atoms with Crippen LogP contribution in [0.4, 0.5) is 11.4 Å². The van der Waals surface area contributed by atoms with Gasteiger partial charge in [-0.05, 0) is 81.9 Å². The highest BCUT2D eigenvalue weighted by Crippen LogP contribution is 2.48. The van der Waals surface area contributed by atoms with Gasteiger partial charge in [0, 0.05) is 52.5 Å². The van der Waals surface area contributed by atoms with Gasteiger partial charge >= 0.3 is 0 Å². The SMILES string of the molecule is CCCCN1/C(=C/C=C2\CCC(/C=C/C3=[N+](CCCC)c4ccc(C)cc4C3(C)C)=C2Cl)C(C)(C)c2cc(C)ccc21. The van der Waals surface area contributed by atoms with Gasteiger partial charge in [-0.1, -0.05) is 93.6 Å². The second-order valence-electron chi connectivity index (χ2n) is 13.6. The number of halogens is 1. The van der Waals surface area contributed by atoms with Crippen LogP contribution in [0.15, 0.2) is 82.6 Å². The van der Waals surface area contributed by atoms with E-state index < -0.39 is 0 Å². The molecule has 0 atom stereocenters. The number of rotatable bonds is 9. The van der Waals surface area contributed by atoms with Crippen molar-refractivity contribution in [3.63, 3.8) is 0 Å². The smallest absolute Gasteiger partial charge is 0.209 e. The van der Waals surface area contributed by atoms with E-state index in [1.807, 2.05) is 0 Å². The second kappa shape index (κ2) is 12.0. The van der Waals surface area contributed by atoms with Crippen LogP contribution < -0.4 is 4.90 Å². The minimum Gasteiger partial charge on any atom is -0.344 e. The number of hydrogen-bond acceptors (Lipinski definition) is 1. The highest BCUT2D eigenvalue weighted by atomic mass is 35.5. The predicted molar refractivity (Wildman–Crippen MR) is 183 cm³/mol. The quantitative estimate of drug-likeness (QED) is 0.267. The molecule has 5 rings (SSSR count). The maximum absolute atomic E-state index is 7.11. The lowest BCUT2D eigenvalue weighted by atomic mass is 9.81. The van der Waals surface area contributed by atoms with Gasteiger partial charge in [0.25, 0.3) is 0 Å². The first-order valence-corrected chi connectivity index (χ1v) is 16.5. The molecule has 2 heterocycles. The van der Waals surface area contributed by atoms with Crippen molar-refractivity contribution >= 4 is 28.7 Å². The van der Waals surface area contributed by atoms with Crippen LogP contribution in [0.2, 0.25) is 0 Å². The van der Waals surface area contributed by atoms with Crippen LogP contribution in [0.3, 0.4) is 0 Å². The van der Waals surface area contributed by atoms with Gasteiger partial charge < -0.3 is 4.90 Å². The summed E-state index contributed by atoms with van der Waals surface area (Å²) in [6.07, 6.45) is 16.0. The average Bonchev–Trinajstić information content (AvgIpc) is 3.48. The first-order chi connectivity index (χ1) is 20.0. The normalized spacial score (nSPS) is 21.0. The molecule has 2 aromatic carbocycles. The number of anilines is 1. The van der Waals surface area contributed by atoms with Crippen molar-refractivity contribution in [2.75, 3.05) is 18.0 Å². The van der Waals surface area contributed by atoms with Crippen LogP contribution in [0.1, 0.15) is 102 Å². The van der Waals surface area contributed by atoms with Crippen LogP contribution in [0.25, 0.3) is 0 Å². The fraction of sp³-hybridized carbons (Fsp3) is 0.462. The summed E-state index contributed by atoms with van der Waals surface area (Å²) < 4.78 is 2.55. The molecule has 42 heavy (non-hydrogen) atoms. The molecule has 0 fully saturated rings. The zero-order valence-electron chi connectivity index (χ0n) is 27.2. The summed E-state index contributed by atoms with van der Waals surface area (Å²) in [5.41, 5.74) is 13.4. The van der Waals surface area contributed by atoms with Crippen molar-refractivity contribution in [2.24, 2.45) is 0 Å². The number of benzene rings is 2. The number of fused-ring (bicyclic) bond motifs is 2. The Hall–Kier alpha value is -2.84. The molecule has 0 aromatic heterocycles. The van der Waals surface area contributed by atoms with Crippen LogP contribution in [0.5, 0.6) is 0 Å². The van der Waals surface area contributed by atoms with Crippen molar-refractivity contribution in [3.8, 4) is 0 Å². The first kappa shape index (κ1) is 30.6. The largest absolute Gasteiger partial charge is 0.344 e. The van der Waals surface area contributed by atoms with E-state index in [0.29, 0.717) is 0 Å². The number of allylic oxidation sites excluding steroid dienone is 8. The fourth-order valence-electron chi connectivity index (χ4n) is 7.06. The minimum atomic E-state index is -0.0380.